The van der Waals surface area contributed by atoms with Gasteiger partial charge in [-0.1, -0.05) is 29.4 Å². The molecule has 0 N–H and O–H groups in total. The van der Waals surface area contributed by atoms with Gasteiger partial charge in [-0.3, -0.25) is 19.1 Å². The number of nitrogens with zero attached hydrogens (tertiary/aromatic N) is 4. The molecule has 1 fully saturated rings. The predicted octanol–water partition coefficient (Wildman–Crippen LogP) is 3.10. The van der Waals surface area contributed by atoms with Gasteiger partial charge in [0.2, 0.25) is 5.91 Å². The lowest BCUT2D eigenvalue weighted by molar-refractivity contribution is -0.144. The van der Waals surface area contributed by atoms with Crippen LogP contribution >= 0.6 is 23.4 Å². The van der Waals surface area contributed by atoms with Crippen molar-refractivity contribution in [2.75, 3.05) is 12.3 Å². The Bertz CT molecular complexity index is 1240. The van der Waals surface area contributed by atoms with E-state index < -0.39 is 34.6 Å². The first-order valence-electron chi connectivity index (χ1n) is 8.48. The molecule has 0 unspecified atom stereocenters. The van der Waals surface area contributed by atoms with Gasteiger partial charge in [0.05, 0.1) is 22.2 Å². The Morgan fingerprint density at radius 2 is 1.94 bits per heavy atom. The first-order chi connectivity index (χ1) is 14.5. The lowest BCUT2D eigenvalue weighted by Gasteiger charge is -2.15. The van der Waals surface area contributed by atoms with E-state index in [9.17, 15) is 31.9 Å². The number of alkyl halides is 3. The molecular formula is C18H13ClF4N4O3S. The van der Waals surface area contributed by atoms with Crippen molar-refractivity contribution >= 4 is 40.1 Å². The molecule has 0 aliphatic carbocycles. The second-order valence-electron chi connectivity index (χ2n) is 6.27. The fourth-order valence-corrected chi connectivity index (χ4v) is 3.89. The van der Waals surface area contributed by atoms with Gasteiger partial charge in [-0.15, -0.1) is 6.58 Å². The normalized spacial score (nSPS) is 15.7. The van der Waals surface area contributed by atoms with Crippen molar-refractivity contribution in [3.8, 4) is 5.69 Å². The van der Waals surface area contributed by atoms with Crippen molar-refractivity contribution in [2.24, 2.45) is 12.0 Å². The number of halogens is 5. The average Bonchev–Trinajstić information content (AvgIpc) is 3.01. The Morgan fingerprint density at radius 1 is 1.26 bits per heavy atom. The van der Waals surface area contributed by atoms with E-state index >= 15 is 0 Å². The van der Waals surface area contributed by atoms with Crippen LogP contribution in [0.15, 0.2) is 45.4 Å². The molecule has 2 heterocycles. The minimum absolute atomic E-state index is 0.0850. The lowest BCUT2D eigenvalue weighted by Crippen LogP contribution is -2.41. The third kappa shape index (κ3) is 4.30. The number of carbonyl (C=O) groups excluding carboxylic acids is 1. The van der Waals surface area contributed by atoms with Crippen LogP contribution in [0.5, 0.6) is 0 Å². The standard InChI is InChI=1S/C18H13ClF4N4O3S/c1-3-4-26-15(29)8-31-16(26)24-11-6-12(10(20)5-9(11)19)27-14(28)7-13(18(21,22)23)25(2)17(27)30/h3,5-7H,1,4,8H2,2H3/b24-16-. The second-order valence-corrected chi connectivity index (χ2v) is 7.62. The van der Waals surface area contributed by atoms with Crippen LogP contribution in [-0.4, -0.2) is 37.4 Å². The number of hydrogen-bond donors (Lipinski definition) is 0. The van der Waals surface area contributed by atoms with E-state index in [1.165, 1.54) is 11.0 Å². The van der Waals surface area contributed by atoms with Crippen LogP contribution in [0.1, 0.15) is 5.69 Å². The van der Waals surface area contributed by atoms with Gasteiger partial charge >= 0.3 is 11.9 Å². The van der Waals surface area contributed by atoms with E-state index in [0.29, 0.717) is 0 Å². The number of amidine groups is 1. The van der Waals surface area contributed by atoms with Crippen molar-refractivity contribution in [1.29, 1.82) is 0 Å². The first-order valence-corrected chi connectivity index (χ1v) is 9.84. The summed E-state index contributed by atoms with van der Waals surface area (Å²) >= 11 is 7.11. The molecule has 164 valence electrons. The Balaban J connectivity index is 2.20. The van der Waals surface area contributed by atoms with Crippen LogP contribution in [-0.2, 0) is 18.0 Å². The highest BCUT2D eigenvalue weighted by atomic mass is 35.5. The van der Waals surface area contributed by atoms with Gasteiger partial charge in [-0.2, -0.15) is 13.2 Å². The van der Waals surface area contributed by atoms with E-state index in [1.807, 2.05) is 0 Å². The van der Waals surface area contributed by atoms with Crippen LogP contribution in [0, 0.1) is 5.82 Å². The molecule has 3 rings (SSSR count). The van der Waals surface area contributed by atoms with E-state index in [1.54, 1.807) is 0 Å². The summed E-state index contributed by atoms with van der Waals surface area (Å²) in [6, 6.07) is 1.92. The first kappa shape index (κ1) is 22.8. The van der Waals surface area contributed by atoms with E-state index in [2.05, 4.69) is 11.6 Å². The van der Waals surface area contributed by atoms with Crippen LogP contribution in [0.25, 0.3) is 5.69 Å². The van der Waals surface area contributed by atoms with Crippen molar-refractivity contribution in [2.45, 2.75) is 6.18 Å². The van der Waals surface area contributed by atoms with Gasteiger partial charge in [-0.25, -0.2) is 18.7 Å². The largest absolute Gasteiger partial charge is 0.431 e. The van der Waals surface area contributed by atoms with Crippen LogP contribution in [0.2, 0.25) is 5.02 Å². The zero-order valence-corrected chi connectivity index (χ0v) is 17.3. The number of thioether (sulfide) groups is 1. The Morgan fingerprint density at radius 3 is 2.55 bits per heavy atom. The van der Waals surface area contributed by atoms with Crippen molar-refractivity contribution in [1.82, 2.24) is 14.0 Å². The highest BCUT2D eigenvalue weighted by Crippen LogP contribution is 2.32. The molecule has 1 saturated heterocycles. The maximum Gasteiger partial charge on any atom is 0.431 e. The molecule has 1 aromatic heterocycles. The molecule has 1 amide bonds. The third-order valence-electron chi connectivity index (χ3n) is 4.25. The lowest BCUT2D eigenvalue weighted by atomic mass is 10.2. The van der Waals surface area contributed by atoms with Crippen molar-refractivity contribution in [3.63, 3.8) is 0 Å². The molecule has 2 aromatic rings. The maximum absolute atomic E-state index is 14.6. The van der Waals surface area contributed by atoms with Gasteiger partial charge in [0.25, 0.3) is 5.56 Å². The zero-order chi connectivity index (χ0) is 23.1. The topological polar surface area (TPSA) is 76.7 Å². The van der Waals surface area contributed by atoms with Crippen LogP contribution in [0.3, 0.4) is 0 Å². The highest BCUT2D eigenvalue weighted by molar-refractivity contribution is 8.15. The monoisotopic (exact) mass is 476 g/mol. The summed E-state index contributed by atoms with van der Waals surface area (Å²) in [5, 5.41) is 0.0427. The van der Waals surface area contributed by atoms with E-state index in [4.69, 9.17) is 11.6 Å². The Kier molecular flexibility index (Phi) is 6.14. The van der Waals surface area contributed by atoms with Gasteiger partial charge in [0, 0.05) is 19.7 Å². The third-order valence-corrected chi connectivity index (χ3v) is 5.52. The number of rotatable bonds is 4. The summed E-state index contributed by atoms with van der Waals surface area (Å²) in [6.45, 7) is 3.71. The number of aromatic nitrogens is 2. The number of benzene rings is 1. The summed E-state index contributed by atoms with van der Waals surface area (Å²) in [4.78, 5) is 42.2. The maximum atomic E-state index is 14.6. The molecule has 13 heteroatoms. The average molecular weight is 477 g/mol. The smallest absolute Gasteiger partial charge is 0.292 e. The summed E-state index contributed by atoms with van der Waals surface area (Å²) in [6.07, 6.45) is -3.48. The molecule has 1 aliphatic rings. The molecular weight excluding hydrogens is 464 g/mol. The van der Waals surface area contributed by atoms with Crippen molar-refractivity contribution < 1.29 is 22.4 Å². The summed E-state index contributed by atoms with van der Waals surface area (Å²) < 4.78 is 54.1. The molecule has 1 aliphatic heterocycles. The van der Waals surface area contributed by atoms with Gasteiger partial charge in [-0.05, 0) is 12.1 Å². The molecule has 0 bridgehead atoms. The predicted molar refractivity (Wildman–Crippen MR) is 109 cm³/mol. The highest BCUT2D eigenvalue weighted by Gasteiger charge is 2.35. The summed E-state index contributed by atoms with van der Waals surface area (Å²) in [5.41, 5.74) is -4.98. The van der Waals surface area contributed by atoms with Gasteiger partial charge < -0.3 is 0 Å². The number of carbonyl (C=O) groups is 1. The molecule has 0 spiro atoms. The Labute approximate surface area is 181 Å². The summed E-state index contributed by atoms with van der Waals surface area (Å²) in [7, 11) is 0.810. The number of hydrogen-bond acceptors (Lipinski definition) is 5. The quantitative estimate of drug-likeness (QED) is 0.502. The fraction of sp³-hybridized carbons (Fsp3) is 0.222. The summed E-state index contributed by atoms with van der Waals surface area (Å²) in [5.74, 6) is -1.25. The molecule has 0 saturated carbocycles. The fourth-order valence-electron chi connectivity index (χ4n) is 2.80. The van der Waals surface area contributed by atoms with Crippen LogP contribution in [0.4, 0.5) is 23.2 Å². The number of aliphatic imine (C=N–C) groups is 1. The van der Waals surface area contributed by atoms with Crippen molar-refractivity contribution in [3.05, 3.63) is 68.2 Å². The molecule has 7 nitrogen and oxygen atoms in total. The van der Waals surface area contributed by atoms with Gasteiger partial charge in [0.1, 0.15) is 11.5 Å². The number of amides is 1. The zero-order valence-electron chi connectivity index (χ0n) is 15.7. The second kappa shape index (κ2) is 8.35. The minimum atomic E-state index is -4.96. The SMILES string of the molecule is C=CCN1C(=O)CS/C1=N\c1cc(-n2c(=O)cc(C(F)(F)F)n(C)c2=O)c(F)cc1Cl. The minimum Gasteiger partial charge on any atom is -0.292 e. The molecule has 0 atom stereocenters. The molecule has 31 heavy (non-hydrogen) atoms. The van der Waals surface area contributed by atoms with Crippen LogP contribution < -0.4 is 11.2 Å². The van der Waals surface area contributed by atoms with E-state index in [0.717, 1.165) is 30.9 Å². The Hall–Kier alpha value is -2.86. The molecule has 1 aromatic carbocycles. The molecule has 0 radical (unpaired) electrons. The van der Waals surface area contributed by atoms with Gasteiger partial charge in [0.15, 0.2) is 5.17 Å². The van der Waals surface area contributed by atoms with E-state index in [-0.39, 0.29) is 49.3 Å².